The molecule has 2 saturated heterocycles. The average molecular weight is 510 g/mol. The first-order chi connectivity index (χ1) is 16.5. The number of piperidine rings is 2. The molecule has 2 heterocycles. The van der Waals surface area contributed by atoms with Gasteiger partial charge in [0.05, 0.1) is 12.0 Å². The molecule has 0 bridgehead atoms. The van der Waals surface area contributed by atoms with Crippen molar-refractivity contribution in [1.29, 1.82) is 0 Å². The van der Waals surface area contributed by atoms with E-state index in [9.17, 15) is 19.5 Å². The van der Waals surface area contributed by atoms with E-state index in [1.54, 1.807) is 12.0 Å². The predicted octanol–water partition coefficient (Wildman–Crippen LogP) is 2.64. The summed E-state index contributed by atoms with van der Waals surface area (Å²) in [6.07, 6.45) is 5.47. The topological polar surface area (TPSA) is 108 Å². The maximum atomic E-state index is 13.0. The Labute approximate surface area is 214 Å². The van der Waals surface area contributed by atoms with Crippen LogP contribution in [0, 0.1) is 11.8 Å². The molecule has 0 aliphatic carbocycles. The van der Waals surface area contributed by atoms with Crippen molar-refractivity contribution in [3.05, 3.63) is 35.9 Å². The number of halogens is 1. The van der Waals surface area contributed by atoms with Gasteiger partial charge in [-0.2, -0.15) is 0 Å². The van der Waals surface area contributed by atoms with Gasteiger partial charge in [-0.15, -0.1) is 12.4 Å². The van der Waals surface area contributed by atoms with Gasteiger partial charge in [0.25, 0.3) is 0 Å². The average Bonchev–Trinajstić information content (AvgIpc) is 2.87. The molecule has 0 saturated carbocycles. The first-order valence-corrected chi connectivity index (χ1v) is 12.5. The van der Waals surface area contributed by atoms with E-state index in [1.165, 1.54) is 0 Å². The molecule has 0 unspecified atom stereocenters. The van der Waals surface area contributed by atoms with Crippen molar-refractivity contribution in [3.63, 3.8) is 0 Å². The molecule has 8 nitrogen and oxygen atoms in total. The summed E-state index contributed by atoms with van der Waals surface area (Å²) in [7, 11) is 1.56. The summed E-state index contributed by atoms with van der Waals surface area (Å²) in [4.78, 5) is 39.4. The molecule has 2 aliphatic rings. The minimum absolute atomic E-state index is 0. The van der Waals surface area contributed by atoms with Gasteiger partial charge in [-0.1, -0.05) is 30.3 Å². The van der Waals surface area contributed by atoms with Crippen LogP contribution in [0.3, 0.4) is 0 Å². The van der Waals surface area contributed by atoms with Gasteiger partial charge in [0.15, 0.2) is 0 Å². The largest absolute Gasteiger partial charge is 0.480 e. The number of carboxylic acids is 1. The van der Waals surface area contributed by atoms with Crippen LogP contribution in [0.15, 0.2) is 30.3 Å². The Kier molecular flexibility index (Phi) is 12.5. The van der Waals surface area contributed by atoms with Crippen molar-refractivity contribution in [2.24, 2.45) is 11.8 Å². The van der Waals surface area contributed by atoms with E-state index in [0.717, 1.165) is 44.3 Å². The van der Waals surface area contributed by atoms with Crippen LogP contribution in [0.1, 0.15) is 50.5 Å². The number of carbonyl (C=O) groups excluding carboxylic acids is 2. The Bertz CT molecular complexity index is 803. The van der Waals surface area contributed by atoms with E-state index in [2.05, 4.69) is 10.6 Å². The maximum Gasteiger partial charge on any atom is 0.326 e. The van der Waals surface area contributed by atoms with E-state index < -0.39 is 12.0 Å². The number of amides is 2. The molecule has 3 atom stereocenters. The van der Waals surface area contributed by atoms with Gasteiger partial charge >= 0.3 is 5.97 Å². The van der Waals surface area contributed by atoms with E-state index in [-0.39, 0.29) is 42.7 Å². The summed E-state index contributed by atoms with van der Waals surface area (Å²) in [5.41, 5.74) is 1.05. The van der Waals surface area contributed by atoms with Crippen LogP contribution in [0.2, 0.25) is 0 Å². The number of rotatable bonds is 11. The quantitative estimate of drug-likeness (QED) is 0.423. The summed E-state index contributed by atoms with van der Waals surface area (Å²) in [6.45, 7) is 3.07. The Morgan fingerprint density at radius 1 is 1.17 bits per heavy atom. The van der Waals surface area contributed by atoms with Crippen LogP contribution in [-0.4, -0.2) is 73.2 Å². The van der Waals surface area contributed by atoms with Crippen molar-refractivity contribution in [3.8, 4) is 0 Å². The molecule has 35 heavy (non-hydrogen) atoms. The Morgan fingerprint density at radius 2 is 1.89 bits per heavy atom. The number of likely N-dealkylation sites (tertiary alicyclic amines) is 1. The van der Waals surface area contributed by atoms with Gasteiger partial charge in [-0.3, -0.25) is 9.59 Å². The highest BCUT2D eigenvalue weighted by Gasteiger charge is 2.32. The normalized spacial score (nSPS) is 20.4. The van der Waals surface area contributed by atoms with Crippen molar-refractivity contribution < 1.29 is 24.2 Å². The molecule has 2 aliphatic heterocycles. The van der Waals surface area contributed by atoms with Gasteiger partial charge in [-0.05, 0) is 63.1 Å². The molecule has 0 spiro atoms. The number of carbonyl (C=O) groups is 3. The van der Waals surface area contributed by atoms with Crippen LogP contribution in [0.5, 0.6) is 0 Å². The number of benzene rings is 1. The minimum atomic E-state index is -1.07. The third-order valence-corrected chi connectivity index (χ3v) is 7.12. The summed E-state index contributed by atoms with van der Waals surface area (Å²) >= 11 is 0. The predicted molar refractivity (Wildman–Crippen MR) is 137 cm³/mol. The number of carboxylic acid groups (broad SMARTS) is 1. The number of nitrogens with one attached hydrogen (secondary N) is 2. The van der Waals surface area contributed by atoms with Crippen LogP contribution in [0.25, 0.3) is 0 Å². The number of ether oxygens (including phenoxy) is 1. The third kappa shape index (κ3) is 9.43. The highest BCUT2D eigenvalue weighted by molar-refractivity contribution is 5.86. The van der Waals surface area contributed by atoms with Gasteiger partial charge in [0.1, 0.15) is 6.04 Å². The molecule has 3 N–H and O–H groups in total. The van der Waals surface area contributed by atoms with Crippen LogP contribution < -0.4 is 10.6 Å². The van der Waals surface area contributed by atoms with Gasteiger partial charge in [0.2, 0.25) is 11.8 Å². The number of hydrogen-bond donors (Lipinski definition) is 3. The third-order valence-electron chi connectivity index (χ3n) is 7.12. The molecule has 1 aromatic rings. The highest BCUT2D eigenvalue weighted by Crippen LogP contribution is 2.22. The van der Waals surface area contributed by atoms with Crippen molar-refractivity contribution in [2.75, 3.05) is 33.3 Å². The Balaban J connectivity index is 0.00000432. The first kappa shape index (κ1) is 29.1. The fraction of sp³-hybridized carbons (Fsp3) is 0.654. The molecule has 1 aromatic carbocycles. The fourth-order valence-electron chi connectivity index (χ4n) is 4.99. The standard InChI is InChI=1S/C26H39N3O5.ClH/c1-34-22(16-20-6-3-2-4-7-20)17-23(26(32)33)28-25(31)21-8-5-15-29(18-21)24(30)10-9-19-11-13-27-14-12-19;/h2-4,6-7,19,21-23,27H,5,8-18H2,1H3,(H,28,31)(H,32,33);1H/t21-,22-,23+;/m1./s1. The number of hydrogen-bond acceptors (Lipinski definition) is 5. The first-order valence-electron chi connectivity index (χ1n) is 12.5. The number of methoxy groups -OCH3 is 1. The molecule has 9 heteroatoms. The van der Waals surface area contributed by atoms with Crippen LogP contribution >= 0.6 is 12.4 Å². The second kappa shape index (κ2) is 15.1. The molecular formula is C26H40ClN3O5. The van der Waals surface area contributed by atoms with Gasteiger partial charge in [0, 0.05) is 33.0 Å². The number of aliphatic carboxylic acids is 1. The molecular weight excluding hydrogens is 470 g/mol. The monoisotopic (exact) mass is 509 g/mol. The lowest BCUT2D eigenvalue weighted by Crippen LogP contribution is -2.50. The van der Waals surface area contributed by atoms with Gasteiger partial charge < -0.3 is 25.4 Å². The second-order valence-electron chi connectivity index (χ2n) is 9.59. The van der Waals surface area contributed by atoms with Crippen LogP contribution in [-0.2, 0) is 25.5 Å². The lowest BCUT2D eigenvalue weighted by molar-refractivity contribution is -0.144. The van der Waals surface area contributed by atoms with Crippen LogP contribution in [0.4, 0.5) is 0 Å². The van der Waals surface area contributed by atoms with E-state index in [4.69, 9.17) is 4.74 Å². The SMILES string of the molecule is CO[C@H](Cc1ccccc1)C[C@H](NC(=O)[C@@H]1CCCN(C(=O)CCC2CCNCC2)C1)C(=O)O.Cl. The van der Waals surface area contributed by atoms with Gasteiger partial charge in [-0.25, -0.2) is 4.79 Å². The summed E-state index contributed by atoms with van der Waals surface area (Å²) in [5, 5.41) is 15.8. The Hall–Kier alpha value is -2.16. The molecule has 0 radical (unpaired) electrons. The number of nitrogens with zero attached hydrogens (tertiary/aromatic N) is 1. The maximum absolute atomic E-state index is 13.0. The zero-order valence-electron chi connectivity index (χ0n) is 20.6. The van der Waals surface area contributed by atoms with Crippen molar-refractivity contribution in [1.82, 2.24) is 15.5 Å². The minimum Gasteiger partial charge on any atom is -0.480 e. The fourth-order valence-corrected chi connectivity index (χ4v) is 4.99. The van der Waals surface area contributed by atoms with Crippen molar-refractivity contribution in [2.45, 2.75) is 63.5 Å². The molecule has 0 aromatic heterocycles. The lowest BCUT2D eigenvalue weighted by atomic mass is 9.92. The smallest absolute Gasteiger partial charge is 0.326 e. The molecule has 2 amide bonds. The summed E-state index contributed by atoms with van der Waals surface area (Å²) in [6, 6.07) is 8.70. The van der Waals surface area contributed by atoms with E-state index in [0.29, 0.717) is 38.3 Å². The molecule has 2 fully saturated rings. The lowest BCUT2D eigenvalue weighted by Gasteiger charge is -2.33. The molecule has 196 valence electrons. The zero-order chi connectivity index (χ0) is 24.3. The van der Waals surface area contributed by atoms with E-state index >= 15 is 0 Å². The molecule has 3 rings (SSSR count). The summed E-state index contributed by atoms with van der Waals surface area (Å²) in [5.74, 6) is -1.05. The Morgan fingerprint density at radius 3 is 2.54 bits per heavy atom. The van der Waals surface area contributed by atoms with Crippen molar-refractivity contribution >= 4 is 30.2 Å². The highest BCUT2D eigenvalue weighted by atomic mass is 35.5. The second-order valence-corrected chi connectivity index (χ2v) is 9.59. The summed E-state index contributed by atoms with van der Waals surface area (Å²) < 4.78 is 5.52. The zero-order valence-corrected chi connectivity index (χ0v) is 21.4. The van der Waals surface area contributed by atoms with E-state index in [1.807, 2.05) is 30.3 Å².